The number of hydrogen-bond donors (Lipinski definition) is 1. The number of nitrogens with one attached hydrogen (secondary N) is 1. The lowest BCUT2D eigenvalue weighted by Crippen LogP contribution is -2.29. The summed E-state index contributed by atoms with van der Waals surface area (Å²) in [5.41, 5.74) is 1.28. The van der Waals surface area contributed by atoms with Crippen molar-refractivity contribution in [3.63, 3.8) is 0 Å². The van der Waals surface area contributed by atoms with Gasteiger partial charge >= 0.3 is 5.69 Å². The van der Waals surface area contributed by atoms with E-state index in [2.05, 4.69) is 10.4 Å². The van der Waals surface area contributed by atoms with Gasteiger partial charge in [0.05, 0.1) is 5.52 Å². The number of halogens is 1. The third-order valence-corrected chi connectivity index (χ3v) is 5.98. The SMILES string of the molecule is Cc1ccc(NC(=O)Cn2nc3n(CC(C)C)c(=O)c4sccc4n3c2=O)cc1Cl. The Morgan fingerprint density at radius 1 is 1.27 bits per heavy atom. The third-order valence-electron chi connectivity index (χ3n) is 4.69. The highest BCUT2D eigenvalue weighted by molar-refractivity contribution is 7.17. The summed E-state index contributed by atoms with van der Waals surface area (Å²) in [5.74, 6) is -0.00530. The minimum atomic E-state index is -0.469. The number of hydrogen-bond acceptors (Lipinski definition) is 5. The molecule has 0 spiro atoms. The maximum Gasteiger partial charge on any atom is 0.352 e. The standard InChI is InChI=1S/C20H20ClN5O3S/c1-11(2)9-24-18(28)17-15(6-7-30-17)26-19(24)23-25(20(26)29)10-16(27)22-13-5-4-12(3)14(21)8-13/h4-8,11H,9-10H2,1-3H3,(H,22,27). The van der Waals surface area contributed by atoms with E-state index >= 15 is 0 Å². The van der Waals surface area contributed by atoms with E-state index in [1.54, 1.807) is 29.6 Å². The molecule has 1 amide bonds. The maximum atomic E-state index is 13.0. The van der Waals surface area contributed by atoms with E-state index in [-0.39, 0.29) is 23.8 Å². The van der Waals surface area contributed by atoms with Gasteiger partial charge < -0.3 is 5.32 Å². The van der Waals surface area contributed by atoms with Gasteiger partial charge in [-0.05, 0) is 42.0 Å². The van der Waals surface area contributed by atoms with Crippen LogP contribution in [0.4, 0.5) is 5.69 Å². The van der Waals surface area contributed by atoms with E-state index in [9.17, 15) is 14.4 Å². The van der Waals surface area contributed by atoms with Crippen molar-refractivity contribution in [2.45, 2.75) is 33.9 Å². The number of benzene rings is 1. The first-order valence-electron chi connectivity index (χ1n) is 9.42. The van der Waals surface area contributed by atoms with Crippen LogP contribution in [0, 0.1) is 12.8 Å². The second kappa shape index (κ2) is 7.73. The second-order valence-corrected chi connectivity index (χ2v) is 8.86. The van der Waals surface area contributed by atoms with Crippen LogP contribution in [0.5, 0.6) is 0 Å². The van der Waals surface area contributed by atoms with Crippen molar-refractivity contribution in [1.82, 2.24) is 18.7 Å². The van der Waals surface area contributed by atoms with Gasteiger partial charge in [0, 0.05) is 17.3 Å². The smallest absolute Gasteiger partial charge is 0.324 e. The van der Waals surface area contributed by atoms with Gasteiger partial charge in [0.25, 0.3) is 5.56 Å². The summed E-state index contributed by atoms with van der Waals surface area (Å²) in [6, 6.07) is 6.90. The molecule has 156 valence electrons. The van der Waals surface area contributed by atoms with Crippen LogP contribution in [0.15, 0.2) is 39.2 Å². The molecule has 0 aliphatic heterocycles. The largest absolute Gasteiger partial charge is 0.352 e. The Balaban J connectivity index is 1.75. The topological polar surface area (TPSA) is 90.4 Å². The normalized spacial score (nSPS) is 11.6. The van der Waals surface area contributed by atoms with Crippen LogP contribution in [-0.2, 0) is 17.9 Å². The number of thiophene rings is 1. The molecule has 4 rings (SSSR count). The Morgan fingerprint density at radius 3 is 2.73 bits per heavy atom. The van der Waals surface area contributed by atoms with Crippen molar-refractivity contribution in [1.29, 1.82) is 0 Å². The van der Waals surface area contributed by atoms with Crippen LogP contribution in [-0.4, -0.2) is 24.7 Å². The fourth-order valence-electron chi connectivity index (χ4n) is 3.27. The summed E-state index contributed by atoms with van der Waals surface area (Å²) in [5, 5.41) is 9.34. The lowest BCUT2D eigenvalue weighted by atomic mass is 10.2. The number of anilines is 1. The van der Waals surface area contributed by atoms with Gasteiger partial charge in [-0.2, -0.15) is 0 Å². The fourth-order valence-corrected chi connectivity index (χ4v) is 4.28. The van der Waals surface area contributed by atoms with Gasteiger partial charge in [-0.25, -0.2) is 13.9 Å². The van der Waals surface area contributed by atoms with E-state index < -0.39 is 11.6 Å². The highest BCUT2D eigenvalue weighted by Crippen LogP contribution is 2.20. The summed E-state index contributed by atoms with van der Waals surface area (Å²) in [6.45, 7) is 5.97. The number of aromatic nitrogens is 4. The Bertz CT molecular complexity index is 1400. The molecule has 3 aromatic heterocycles. The van der Waals surface area contributed by atoms with Crippen molar-refractivity contribution in [3.8, 4) is 0 Å². The summed E-state index contributed by atoms with van der Waals surface area (Å²) >= 11 is 7.39. The predicted molar refractivity (Wildman–Crippen MR) is 119 cm³/mol. The molecule has 0 saturated heterocycles. The molecule has 10 heteroatoms. The molecule has 30 heavy (non-hydrogen) atoms. The first kappa shape index (κ1) is 20.4. The van der Waals surface area contributed by atoms with Gasteiger partial charge in [-0.15, -0.1) is 16.4 Å². The van der Waals surface area contributed by atoms with Crippen molar-refractivity contribution >= 4 is 50.5 Å². The minimum absolute atomic E-state index is 0.179. The zero-order valence-electron chi connectivity index (χ0n) is 16.7. The molecule has 0 aliphatic rings. The van der Waals surface area contributed by atoms with Crippen LogP contribution in [0.25, 0.3) is 16.0 Å². The first-order chi connectivity index (χ1) is 14.3. The molecule has 8 nitrogen and oxygen atoms in total. The van der Waals surface area contributed by atoms with Crippen molar-refractivity contribution in [2.24, 2.45) is 5.92 Å². The van der Waals surface area contributed by atoms with Crippen LogP contribution < -0.4 is 16.6 Å². The van der Waals surface area contributed by atoms with E-state index in [0.29, 0.717) is 27.5 Å². The summed E-state index contributed by atoms with van der Waals surface area (Å²) in [7, 11) is 0. The number of aryl methyl sites for hydroxylation is 1. The second-order valence-electron chi connectivity index (χ2n) is 7.53. The van der Waals surface area contributed by atoms with Gasteiger partial charge in [-0.3, -0.25) is 14.2 Å². The molecule has 0 saturated carbocycles. The van der Waals surface area contributed by atoms with Crippen molar-refractivity contribution in [2.75, 3.05) is 5.32 Å². The molecule has 1 N–H and O–H groups in total. The number of rotatable bonds is 5. The highest BCUT2D eigenvalue weighted by atomic mass is 35.5. The van der Waals surface area contributed by atoms with E-state index in [4.69, 9.17) is 11.6 Å². The third kappa shape index (κ3) is 3.54. The van der Waals surface area contributed by atoms with E-state index in [0.717, 1.165) is 10.2 Å². The monoisotopic (exact) mass is 445 g/mol. The molecular weight excluding hydrogens is 426 g/mol. The molecular formula is C20H20ClN5O3S. The fraction of sp³-hybridized carbons (Fsp3) is 0.300. The molecule has 0 atom stereocenters. The van der Waals surface area contributed by atoms with Crippen molar-refractivity contribution in [3.05, 3.63) is 61.1 Å². The molecule has 0 fully saturated rings. The quantitative estimate of drug-likeness (QED) is 0.511. The van der Waals surface area contributed by atoms with E-state index in [1.165, 1.54) is 20.3 Å². The average molecular weight is 446 g/mol. The van der Waals surface area contributed by atoms with Crippen molar-refractivity contribution < 1.29 is 4.79 Å². The zero-order valence-corrected chi connectivity index (χ0v) is 18.3. The number of carbonyl (C=O) groups is 1. The molecule has 0 radical (unpaired) electrons. The Morgan fingerprint density at radius 2 is 2.03 bits per heavy atom. The van der Waals surface area contributed by atoms with Crippen LogP contribution in [0.3, 0.4) is 0 Å². The van der Waals surface area contributed by atoms with Crippen LogP contribution in [0.1, 0.15) is 19.4 Å². The van der Waals surface area contributed by atoms with Gasteiger partial charge in [-0.1, -0.05) is 31.5 Å². The molecule has 0 bridgehead atoms. The first-order valence-corrected chi connectivity index (χ1v) is 10.7. The minimum Gasteiger partial charge on any atom is -0.324 e. The number of carbonyl (C=O) groups excluding carboxylic acids is 1. The van der Waals surface area contributed by atoms with Crippen LogP contribution in [0.2, 0.25) is 5.02 Å². The Labute approximate surface area is 180 Å². The molecule has 4 aromatic rings. The summed E-state index contributed by atoms with van der Waals surface area (Å²) in [4.78, 5) is 38.4. The Hall–Kier alpha value is -2.91. The van der Waals surface area contributed by atoms with Gasteiger partial charge in [0.2, 0.25) is 11.7 Å². The molecule has 0 aliphatic carbocycles. The number of nitrogens with zero attached hydrogens (tertiary/aromatic N) is 4. The summed E-state index contributed by atoms with van der Waals surface area (Å²) < 4.78 is 4.46. The van der Waals surface area contributed by atoms with E-state index in [1.807, 2.05) is 20.8 Å². The Kier molecular flexibility index (Phi) is 5.25. The predicted octanol–water partition coefficient (Wildman–Crippen LogP) is 3.13. The molecule has 0 unspecified atom stereocenters. The lowest BCUT2D eigenvalue weighted by Gasteiger charge is -2.09. The zero-order chi connectivity index (χ0) is 21.6. The number of amides is 1. The molecule has 3 heterocycles. The highest BCUT2D eigenvalue weighted by Gasteiger charge is 2.20. The van der Waals surface area contributed by atoms with Gasteiger partial charge in [0.15, 0.2) is 0 Å². The number of fused-ring (bicyclic) bond motifs is 3. The average Bonchev–Trinajstić information content (AvgIpc) is 3.27. The van der Waals surface area contributed by atoms with Crippen LogP contribution >= 0.6 is 22.9 Å². The lowest BCUT2D eigenvalue weighted by molar-refractivity contribution is -0.117. The summed E-state index contributed by atoms with van der Waals surface area (Å²) in [6.07, 6.45) is 0. The van der Waals surface area contributed by atoms with Gasteiger partial charge in [0.1, 0.15) is 11.2 Å². The maximum absolute atomic E-state index is 13.0. The molecule has 1 aromatic carbocycles.